The van der Waals surface area contributed by atoms with Gasteiger partial charge in [0.15, 0.2) is 6.61 Å². The van der Waals surface area contributed by atoms with Gasteiger partial charge in [0.1, 0.15) is 0 Å². The van der Waals surface area contributed by atoms with Gasteiger partial charge >= 0.3 is 5.97 Å². The van der Waals surface area contributed by atoms with E-state index in [1.54, 1.807) is 32.3 Å². The summed E-state index contributed by atoms with van der Waals surface area (Å²) in [7, 11) is 3.40. The molecule has 4 bridgehead atoms. The molecule has 1 N–H and O–H groups in total. The maximum Gasteiger partial charge on any atom is 0.339 e. The molecular weight excluding hydrogens is 400 g/mol. The smallest absolute Gasteiger partial charge is 0.339 e. The van der Waals surface area contributed by atoms with E-state index in [4.69, 9.17) is 4.74 Å². The summed E-state index contributed by atoms with van der Waals surface area (Å²) in [4.78, 5) is 39.1. The molecule has 0 aromatic heterocycles. The Morgan fingerprint density at radius 3 is 2.30 bits per heavy atom. The van der Waals surface area contributed by atoms with Gasteiger partial charge in [0.25, 0.3) is 5.91 Å². The first-order chi connectivity index (χ1) is 14.4. The zero-order chi connectivity index (χ0) is 21.3. The van der Waals surface area contributed by atoms with Gasteiger partial charge in [-0.1, -0.05) is 12.1 Å². The van der Waals surface area contributed by atoms with E-state index < -0.39 is 5.97 Å². The van der Waals surface area contributed by atoms with Gasteiger partial charge in [-0.05, 0) is 67.9 Å². The lowest BCUT2D eigenvalue weighted by Crippen LogP contribution is -2.56. The molecule has 0 saturated heterocycles. The third kappa shape index (κ3) is 4.66. The molecule has 4 saturated carbocycles. The Morgan fingerprint density at radius 1 is 1.03 bits per heavy atom. The Morgan fingerprint density at radius 2 is 1.67 bits per heavy atom. The average Bonchev–Trinajstić information content (AvgIpc) is 2.72. The van der Waals surface area contributed by atoms with E-state index in [0.717, 1.165) is 11.8 Å². The summed E-state index contributed by atoms with van der Waals surface area (Å²) in [5.74, 6) is 2.35. The van der Waals surface area contributed by atoms with Crippen molar-refractivity contribution in [2.24, 2.45) is 23.7 Å². The molecule has 1 aromatic carbocycles. The van der Waals surface area contributed by atoms with Crippen LogP contribution in [0.2, 0.25) is 0 Å². The average molecular weight is 431 g/mol. The molecule has 0 aliphatic heterocycles. The van der Waals surface area contributed by atoms with Gasteiger partial charge in [0.2, 0.25) is 5.91 Å². The highest BCUT2D eigenvalue weighted by atomic mass is 32.2. The van der Waals surface area contributed by atoms with Crippen molar-refractivity contribution >= 4 is 29.5 Å². The standard InChI is InChI=1S/C23H30N2O4S/c1-25(2)21(27)13-30-19-6-4-3-5-18(19)23(28)29-12-20(26)24-22-16-8-14-7-15(10-16)11-17(22)9-14/h3-6,14-17,22H,7-13H2,1-2H3,(H,24,26). The first-order valence-electron chi connectivity index (χ1n) is 10.8. The summed E-state index contributed by atoms with van der Waals surface area (Å²) < 4.78 is 5.32. The summed E-state index contributed by atoms with van der Waals surface area (Å²) in [6.07, 6.45) is 6.30. The van der Waals surface area contributed by atoms with E-state index in [9.17, 15) is 14.4 Å². The van der Waals surface area contributed by atoms with Crippen molar-refractivity contribution in [3.8, 4) is 0 Å². The van der Waals surface area contributed by atoms with Crippen LogP contribution in [0.4, 0.5) is 0 Å². The molecule has 4 fully saturated rings. The SMILES string of the molecule is CN(C)C(=O)CSc1ccccc1C(=O)OCC(=O)NC1C2CC3CC(C2)CC1C3. The number of amides is 2. The molecule has 0 heterocycles. The van der Waals surface area contributed by atoms with Crippen LogP contribution in [0, 0.1) is 23.7 Å². The summed E-state index contributed by atoms with van der Waals surface area (Å²) in [5.41, 5.74) is 0.386. The van der Waals surface area contributed by atoms with E-state index in [0.29, 0.717) is 22.3 Å². The molecule has 2 amide bonds. The van der Waals surface area contributed by atoms with Crippen LogP contribution < -0.4 is 5.32 Å². The van der Waals surface area contributed by atoms with Crippen LogP contribution in [0.15, 0.2) is 29.2 Å². The second-order valence-corrected chi connectivity index (χ2v) is 10.2. The Labute approximate surface area is 182 Å². The summed E-state index contributed by atoms with van der Waals surface area (Å²) >= 11 is 1.30. The van der Waals surface area contributed by atoms with E-state index in [1.807, 2.05) is 6.07 Å². The number of ether oxygens (including phenoxy) is 1. The number of rotatable bonds is 7. The van der Waals surface area contributed by atoms with Crippen LogP contribution in [-0.2, 0) is 14.3 Å². The van der Waals surface area contributed by atoms with Crippen molar-refractivity contribution in [3.63, 3.8) is 0 Å². The maximum atomic E-state index is 12.6. The second kappa shape index (κ2) is 9.00. The molecule has 4 aliphatic carbocycles. The van der Waals surface area contributed by atoms with Crippen LogP contribution >= 0.6 is 11.8 Å². The minimum absolute atomic E-state index is 0.0294. The van der Waals surface area contributed by atoms with Crippen LogP contribution in [0.25, 0.3) is 0 Å². The van der Waals surface area contributed by atoms with Crippen molar-refractivity contribution < 1.29 is 19.1 Å². The fourth-order valence-corrected chi connectivity index (χ4v) is 6.65. The van der Waals surface area contributed by atoms with Crippen molar-refractivity contribution in [1.29, 1.82) is 0 Å². The second-order valence-electron chi connectivity index (χ2n) is 9.17. The molecule has 0 spiro atoms. The van der Waals surface area contributed by atoms with Gasteiger partial charge in [-0.15, -0.1) is 11.8 Å². The minimum atomic E-state index is -0.532. The van der Waals surface area contributed by atoms with Gasteiger partial charge in [-0.2, -0.15) is 0 Å². The number of hydrogen-bond donors (Lipinski definition) is 1. The summed E-state index contributed by atoms with van der Waals surface area (Å²) in [5, 5.41) is 3.16. The van der Waals surface area contributed by atoms with Gasteiger partial charge in [-0.25, -0.2) is 4.79 Å². The lowest BCUT2D eigenvalue weighted by atomic mass is 9.54. The largest absolute Gasteiger partial charge is 0.452 e. The number of benzene rings is 1. The minimum Gasteiger partial charge on any atom is -0.452 e. The van der Waals surface area contributed by atoms with Crippen molar-refractivity contribution in [3.05, 3.63) is 29.8 Å². The van der Waals surface area contributed by atoms with Crippen LogP contribution in [-0.4, -0.2) is 55.2 Å². The Balaban J connectivity index is 1.29. The molecule has 4 aliphatic rings. The maximum absolute atomic E-state index is 12.6. The quantitative estimate of drug-likeness (QED) is 0.532. The van der Waals surface area contributed by atoms with E-state index in [2.05, 4.69) is 5.32 Å². The zero-order valence-electron chi connectivity index (χ0n) is 17.6. The lowest BCUT2D eigenvalue weighted by Gasteiger charge is -2.54. The molecular formula is C23H30N2O4S. The van der Waals surface area contributed by atoms with E-state index in [-0.39, 0.29) is 30.2 Å². The predicted octanol–water partition coefficient (Wildman–Crippen LogP) is 2.96. The molecule has 5 rings (SSSR count). The summed E-state index contributed by atoms with van der Waals surface area (Å²) in [6.45, 7) is -0.267. The molecule has 7 heteroatoms. The molecule has 6 nitrogen and oxygen atoms in total. The monoisotopic (exact) mass is 430 g/mol. The molecule has 162 valence electrons. The molecule has 0 atom stereocenters. The van der Waals surface area contributed by atoms with Crippen LogP contribution in [0.3, 0.4) is 0 Å². The van der Waals surface area contributed by atoms with Gasteiger partial charge < -0.3 is 15.0 Å². The normalized spacial score (nSPS) is 28.8. The van der Waals surface area contributed by atoms with Gasteiger partial charge in [0, 0.05) is 25.0 Å². The Bertz CT molecular complexity index is 797. The number of carbonyl (C=O) groups is 3. The molecule has 30 heavy (non-hydrogen) atoms. The van der Waals surface area contributed by atoms with Crippen LogP contribution in [0.5, 0.6) is 0 Å². The number of nitrogens with one attached hydrogen (secondary N) is 1. The number of carbonyl (C=O) groups excluding carboxylic acids is 3. The highest BCUT2D eigenvalue weighted by Crippen LogP contribution is 2.53. The number of thioether (sulfide) groups is 1. The third-order valence-electron chi connectivity index (χ3n) is 6.85. The molecule has 1 aromatic rings. The fraction of sp³-hybridized carbons (Fsp3) is 0.609. The molecule has 0 radical (unpaired) electrons. The third-order valence-corrected chi connectivity index (χ3v) is 7.90. The van der Waals surface area contributed by atoms with Crippen molar-refractivity contribution in [2.75, 3.05) is 26.5 Å². The van der Waals surface area contributed by atoms with E-state index in [1.165, 1.54) is 48.8 Å². The van der Waals surface area contributed by atoms with Crippen molar-refractivity contribution in [2.45, 2.75) is 43.0 Å². The number of nitrogens with zero attached hydrogens (tertiary/aromatic N) is 1. The highest BCUT2D eigenvalue weighted by molar-refractivity contribution is 8.00. The number of esters is 1. The van der Waals surface area contributed by atoms with Gasteiger partial charge in [0.05, 0.1) is 11.3 Å². The first-order valence-corrected chi connectivity index (χ1v) is 11.8. The zero-order valence-corrected chi connectivity index (χ0v) is 18.5. The Hall–Kier alpha value is -2.02. The van der Waals surface area contributed by atoms with Crippen molar-refractivity contribution in [1.82, 2.24) is 10.2 Å². The van der Waals surface area contributed by atoms with Gasteiger partial charge in [-0.3, -0.25) is 9.59 Å². The fourth-order valence-electron chi connectivity index (χ4n) is 5.63. The number of hydrogen-bond acceptors (Lipinski definition) is 5. The Kier molecular flexibility index (Phi) is 6.37. The topological polar surface area (TPSA) is 75.7 Å². The van der Waals surface area contributed by atoms with E-state index >= 15 is 0 Å². The highest BCUT2D eigenvalue weighted by Gasteiger charge is 2.48. The predicted molar refractivity (Wildman–Crippen MR) is 115 cm³/mol. The van der Waals surface area contributed by atoms with Crippen LogP contribution in [0.1, 0.15) is 42.5 Å². The first kappa shape index (κ1) is 21.2. The molecule has 0 unspecified atom stereocenters. The lowest BCUT2D eigenvalue weighted by molar-refractivity contribution is -0.128. The summed E-state index contributed by atoms with van der Waals surface area (Å²) in [6, 6.07) is 7.27.